The number of nitrogens with two attached hydrogens (primary N) is 2. The largest absolute Gasteiger partial charge is 0.369 e. The summed E-state index contributed by atoms with van der Waals surface area (Å²) >= 11 is 3.57. The van der Waals surface area contributed by atoms with Crippen molar-refractivity contribution in [2.24, 2.45) is 17.4 Å². The second kappa shape index (κ2) is 17.0. The molecule has 2 amide bonds. The maximum atomic E-state index is 12.7. The molecule has 2 aliphatic heterocycles. The van der Waals surface area contributed by atoms with Crippen molar-refractivity contribution in [2.45, 2.75) is 51.7 Å². The quantitative estimate of drug-likeness (QED) is 0.534. The number of hydrogen-bond acceptors (Lipinski definition) is 7. The van der Waals surface area contributed by atoms with Gasteiger partial charge in [0.15, 0.2) is 0 Å². The fraction of sp³-hybridized carbons (Fsp3) is 0.625. The summed E-state index contributed by atoms with van der Waals surface area (Å²) < 4.78 is 0. The van der Waals surface area contributed by atoms with Crippen molar-refractivity contribution < 1.29 is 14.4 Å². The lowest BCUT2D eigenvalue weighted by molar-refractivity contribution is -0.133. The molecule has 1 saturated heterocycles. The van der Waals surface area contributed by atoms with Crippen LogP contribution in [0, 0.1) is 5.92 Å². The van der Waals surface area contributed by atoms with E-state index in [4.69, 9.17) is 16.3 Å². The van der Waals surface area contributed by atoms with Gasteiger partial charge in [0, 0.05) is 37.3 Å². The second-order valence-corrected chi connectivity index (χ2v) is 10.3. The minimum atomic E-state index is -0.191. The molecule has 0 aromatic heterocycles. The Bertz CT molecular complexity index is 735. The molecule has 2 heterocycles. The lowest BCUT2D eigenvalue weighted by Crippen LogP contribution is -2.52. The number of nitrogens with zero attached hydrogens (tertiary/aromatic N) is 1. The summed E-state index contributed by atoms with van der Waals surface area (Å²) in [5.74, 6) is 3.00. The first kappa shape index (κ1) is 29.5. The SMILES string of the molecule is CC=O.CSCC[C@H](C)C(N)=O.N[C@H]1CCSC[C@@H](C(=O)N2CCc3ccccc3C2)NC1. The predicted molar refractivity (Wildman–Crippen MR) is 140 cm³/mol. The number of hydrogen-bond donors (Lipinski definition) is 3. The molecule has 0 bridgehead atoms. The first-order valence-corrected chi connectivity index (χ1v) is 14.0. The van der Waals surface area contributed by atoms with Crippen LogP contribution in [0.25, 0.3) is 0 Å². The van der Waals surface area contributed by atoms with Crippen LogP contribution in [0.5, 0.6) is 0 Å². The number of fused-ring (bicyclic) bond motifs is 1. The Balaban J connectivity index is 0.000000382. The van der Waals surface area contributed by atoms with Gasteiger partial charge in [-0.15, -0.1) is 0 Å². The van der Waals surface area contributed by atoms with E-state index in [0.29, 0.717) is 0 Å². The number of nitrogens with one attached hydrogen (secondary N) is 1. The molecule has 1 aromatic rings. The summed E-state index contributed by atoms with van der Waals surface area (Å²) in [7, 11) is 0. The first-order chi connectivity index (χ1) is 15.8. The minimum absolute atomic E-state index is 0.0393. The van der Waals surface area contributed by atoms with Crippen LogP contribution in [0.15, 0.2) is 24.3 Å². The molecule has 186 valence electrons. The number of carbonyl (C=O) groups excluding carboxylic acids is 3. The van der Waals surface area contributed by atoms with Gasteiger partial charge in [0.1, 0.15) is 6.29 Å². The van der Waals surface area contributed by atoms with Crippen LogP contribution in [0.2, 0.25) is 0 Å². The Hall–Kier alpha value is -1.55. The van der Waals surface area contributed by atoms with Crippen LogP contribution in [0.3, 0.4) is 0 Å². The van der Waals surface area contributed by atoms with Gasteiger partial charge in [-0.2, -0.15) is 23.5 Å². The van der Waals surface area contributed by atoms with E-state index in [2.05, 4.69) is 29.6 Å². The lowest BCUT2D eigenvalue weighted by atomic mass is 9.99. The van der Waals surface area contributed by atoms with Crippen molar-refractivity contribution in [1.29, 1.82) is 0 Å². The van der Waals surface area contributed by atoms with Crippen LogP contribution >= 0.6 is 23.5 Å². The highest BCUT2D eigenvalue weighted by Gasteiger charge is 2.28. The average Bonchev–Trinajstić information content (AvgIpc) is 2.80. The topological polar surface area (TPSA) is 119 Å². The van der Waals surface area contributed by atoms with E-state index in [1.807, 2.05) is 29.8 Å². The Morgan fingerprint density at radius 2 is 2.00 bits per heavy atom. The van der Waals surface area contributed by atoms with Crippen LogP contribution in [0.1, 0.15) is 37.8 Å². The zero-order valence-corrected chi connectivity index (χ0v) is 21.8. The number of amides is 2. The molecule has 0 saturated carbocycles. The van der Waals surface area contributed by atoms with Crippen molar-refractivity contribution in [2.75, 3.05) is 36.6 Å². The molecule has 33 heavy (non-hydrogen) atoms. The molecular formula is C24H40N4O3S2. The highest BCUT2D eigenvalue weighted by molar-refractivity contribution is 7.99. The first-order valence-electron chi connectivity index (χ1n) is 11.4. The summed E-state index contributed by atoms with van der Waals surface area (Å²) in [6, 6.07) is 8.49. The fourth-order valence-electron chi connectivity index (χ4n) is 3.39. The van der Waals surface area contributed by atoms with Crippen molar-refractivity contribution >= 4 is 41.6 Å². The smallest absolute Gasteiger partial charge is 0.240 e. The minimum Gasteiger partial charge on any atom is -0.369 e. The Kier molecular flexibility index (Phi) is 15.2. The monoisotopic (exact) mass is 496 g/mol. The van der Waals surface area contributed by atoms with Gasteiger partial charge in [-0.05, 0) is 55.1 Å². The third-order valence-corrected chi connectivity index (χ3v) is 7.26. The summed E-state index contributed by atoms with van der Waals surface area (Å²) in [5, 5.41) is 3.36. The number of benzene rings is 1. The van der Waals surface area contributed by atoms with Crippen LogP contribution in [-0.4, -0.2) is 71.7 Å². The van der Waals surface area contributed by atoms with Gasteiger partial charge < -0.3 is 26.5 Å². The van der Waals surface area contributed by atoms with E-state index >= 15 is 0 Å². The van der Waals surface area contributed by atoms with Gasteiger partial charge in [0.25, 0.3) is 0 Å². The fourth-order valence-corrected chi connectivity index (χ4v) is 5.11. The molecule has 0 unspecified atom stereocenters. The van der Waals surface area contributed by atoms with Crippen LogP contribution in [0.4, 0.5) is 0 Å². The Labute approximate surface area is 207 Å². The number of primary amides is 1. The van der Waals surface area contributed by atoms with Gasteiger partial charge in [-0.1, -0.05) is 31.2 Å². The summed E-state index contributed by atoms with van der Waals surface area (Å²) in [6.45, 7) is 5.61. The molecule has 0 radical (unpaired) electrons. The second-order valence-electron chi connectivity index (χ2n) is 8.18. The molecule has 0 aliphatic carbocycles. The molecule has 9 heteroatoms. The van der Waals surface area contributed by atoms with Gasteiger partial charge in [0.05, 0.1) is 6.04 Å². The Morgan fingerprint density at radius 1 is 1.33 bits per heavy atom. The normalized spacial score (nSPS) is 20.9. The highest BCUT2D eigenvalue weighted by Crippen LogP contribution is 2.20. The Morgan fingerprint density at radius 3 is 2.64 bits per heavy atom. The van der Waals surface area contributed by atoms with Crippen molar-refractivity contribution in [3.05, 3.63) is 35.4 Å². The molecular weight excluding hydrogens is 456 g/mol. The van der Waals surface area contributed by atoms with Crippen molar-refractivity contribution in [1.82, 2.24) is 10.2 Å². The number of aldehydes is 1. The average molecular weight is 497 g/mol. The number of thioether (sulfide) groups is 2. The summed E-state index contributed by atoms with van der Waals surface area (Å²) in [5.41, 5.74) is 13.7. The zero-order chi connectivity index (χ0) is 24.6. The lowest BCUT2D eigenvalue weighted by Gasteiger charge is -2.33. The molecule has 1 fully saturated rings. The van der Waals surface area contributed by atoms with E-state index in [0.717, 1.165) is 62.4 Å². The molecule has 5 N–H and O–H groups in total. The maximum Gasteiger partial charge on any atom is 0.240 e. The van der Waals surface area contributed by atoms with Crippen LogP contribution < -0.4 is 16.8 Å². The van der Waals surface area contributed by atoms with Gasteiger partial charge in [0.2, 0.25) is 11.8 Å². The number of rotatable bonds is 5. The van der Waals surface area contributed by atoms with E-state index < -0.39 is 0 Å². The summed E-state index contributed by atoms with van der Waals surface area (Å²) in [4.78, 5) is 34.0. The molecule has 1 aromatic carbocycles. The third kappa shape index (κ3) is 11.4. The van der Waals surface area contributed by atoms with Gasteiger partial charge in [-0.25, -0.2) is 0 Å². The van der Waals surface area contributed by atoms with Gasteiger partial charge in [-0.3, -0.25) is 9.59 Å². The standard InChI is InChI=1S/C16H23N3OS.C6H13NOS.C2H4O/c17-14-6-8-21-11-15(18-9-14)16(20)19-7-5-12-3-1-2-4-13(12)10-19;1-5(6(7)8)3-4-9-2;1-2-3/h1-4,14-15,18H,5-11,17H2;5H,3-4H2,1-2H3,(H2,7,8);2H,1H3/t14-,15-;5-;/m00./s1. The maximum absolute atomic E-state index is 12.7. The van der Waals surface area contributed by atoms with Crippen molar-refractivity contribution in [3.8, 4) is 0 Å². The molecule has 3 rings (SSSR count). The molecule has 2 aliphatic rings. The van der Waals surface area contributed by atoms with E-state index in [1.54, 1.807) is 11.8 Å². The van der Waals surface area contributed by atoms with E-state index in [9.17, 15) is 9.59 Å². The zero-order valence-electron chi connectivity index (χ0n) is 20.1. The van der Waals surface area contributed by atoms with Gasteiger partial charge >= 0.3 is 0 Å². The van der Waals surface area contributed by atoms with E-state index in [1.165, 1.54) is 18.1 Å². The van der Waals surface area contributed by atoms with Crippen LogP contribution in [-0.2, 0) is 27.3 Å². The van der Waals surface area contributed by atoms with Crippen molar-refractivity contribution in [3.63, 3.8) is 0 Å². The molecule has 0 spiro atoms. The summed E-state index contributed by atoms with van der Waals surface area (Å²) in [6.07, 6.45) is 5.65. The predicted octanol–water partition coefficient (Wildman–Crippen LogP) is 2.06. The highest BCUT2D eigenvalue weighted by atomic mass is 32.2. The van der Waals surface area contributed by atoms with E-state index in [-0.39, 0.29) is 29.8 Å². The number of carbonyl (C=O) groups is 3. The molecule has 7 nitrogen and oxygen atoms in total. The third-order valence-electron chi connectivity index (χ3n) is 5.53. The molecule has 3 atom stereocenters.